The molecule has 1 aromatic heterocycles. The molecule has 0 aliphatic rings. The van der Waals surface area contributed by atoms with Crippen molar-refractivity contribution in [3.63, 3.8) is 0 Å². The molecule has 0 saturated heterocycles. The average molecular weight is 287 g/mol. The second kappa shape index (κ2) is 6.56. The van der Waals surface area contributed by atoms with Crippen LogP contribution in [0.1, 0.15) is 11.5 Å². The van der Waals surface area contributed by atoms with Crippen molar-refractivity contribution in [2.45, 2.75) is 18.1 Å². The van der Waals surface area contributed by atoms with Gasteiger partial charge in [0, 0.05) is 5.69 Å². The quantitative estimate of drug-likeness (QED) is 0.847. The Kier molecular flexibility index (Phi) is 4.79. The van der Waals surface area contributed by atoms with E-state index in [1.54, 1.807) is 24.3 Å². The van der Waals surface area contributed by atoms with Gasteiger partial charge in [0.05, 0.1) is 12.3 Å². The van der Waals surface area contributed by atoms with Gasteiger partial charge in [-0.2, -0.15) is 8.78 Å². The Morgan fingerprint density at radius 1 is 1.16 bits per heavy atom. The highest BCUT2D eigenvalue weighted by Crippen LogP contribution is 2.21. The fourth-order valence-electron chi connectivity index (χ4n) is 1.53. The third kappa shape index (κ3) is 4.55. The first-order valence-corrected chi connectivity index (χ1v) is 6.65. The number of benzene rings is 1. The third-order valence-corrected chi connectivity index (χ3v) is 3.06. The summed E-state index contributed by atoms with van der Waals surface area (Å²) in [5, 5.41) is 2.99. The predicted octanol–water partition coefficient (Wildman–Crippen LogP) is 4.49. The van der Waals surface area contributed by atoms with Crippen molar-refractivity contribution < 1.29 is 17.6 Å². The van der Waals surface area contributed by atoms with E-state index in [0.29, 0.717) is 35.5 Å². The van der Waals surface area contributed by atoms with E-state index in [9.17, 15) is 13.2 Å². The topological polar surface area (TPSA) is 25.2 Å². The van der Waals surface area contributed by atoms with Crippen molar-refractivity contribution in [3.05, 3.63) is 53.7 Å². The summed E-state index contributed by atoms with van der Waals surface area (Å²) in [6.07, 6.45) is 0. The van der Waals surface area contributed by atoms with Crippen molar-refractivity contribution in [2.75, 3.05) is 5.32 Å². The van der Waals surface area contributed by atoms with E-state index in [1.807, 2.05) is 0 Å². The SMILES string of the molecule is Fc1cccc(NCc2ccc(CSC(F)F)o2)c1. The highest BCUT2D eigenvalue weighted by atomic mass is 32.2. The molecule has 0 atom stereocenters. The molecule has 1 N–H and O–H groups in total. The highest BCUT2D eigenvalue weighted by molar-refractivity contribution is 7.98. The van der Waals surface area contributed by atoms with E-state index in [2.05, 4.69) is 5.32 Å². The third-order valence-electron chi connectivity index (χ3n) is 2.36. The molecule has 0 aliphatic heterocycles. The predicted molar refractivity (Wildman–Crippen MR) is 69.7 cm³/mol. The summed E-state index contributed by atoms with van der Waals surface area (Å²) in [6, 6.07) is 9.45. The van der Waals surface area contributed by atoms with Gasteiger partial charge in [0.25, 0.3) is 5.76 Å². The minimum absolute atomic E-state index is 0.137. The molecule has 1 heterocycles. The summed E-state index contributed by atoms with van der Waals surface area (Å²) in [4.78, 5) is 0. The van der Waals surface area contributed by atoms with E-state index in [-0.39, 0.29) is 11.6 Å². The molecular formula is C13H12F3NOS. The molecule has 0 spiro atoms. The summed E-state index contributed by atoms with van der Waals surface area (Å²) in [5.41, 5.74) is 0.639. The first-order chi connectivity index (χ1) is 9.13. The van der Waals surface area contributed by atoms with E-state index in [4.69, 9.17) is 4.42 Å². The van der Waals surface area contributed by atoms with Gasteiger partial charge in [0.2, 0.25) is 0 Å². The number of hydrogen-bond donors (Lipinski definition) is 1. The maximum absolute atomic E-state index is 12.9. The van der Waals surface area contributed by atoms with Gasteiger partial charge in [0.15, 0.2) is 0 Å². The van der Waals surface area contributed by atoms with E-state index < -0.39 is 5.76 Å². The molecule has 0 bridgehead atoms. The number of halogens is 3. The van der Waals surface area contributed by atoms with Crippen molar-refractivity contribution in [1.29, 1.82) is 0 Å². The zero-order valence-corrected chi connectivity index (χ0v) is 10.7. The van der Waals surface area contributed by atoms with Crippen LogP contribution in [-0.2, 0) is 12.3 Å². The molecule has 2 rings (SSSR count). The van der Waals surface area contributed by atoms with Gasteiger partial charge >= 0.3 is 0 Å². The van der Waals surface area contributed by atoms with Gasteiger partial charge in [-0.15, -0.1) is 0 Å². The Hall–Kier alpha value is -1.56. The molecule has 19 heavy (non-hydrogen) atoms. The van der Waals surface area contributed by atoms with Crippen LogP contribution in [0.4, 0.5) is 18.9 Å². The molecule has 2 nitrogen and oxygen atoms in total. The van der Waals surface area contributed by atoms with E-state index in [1.165, 1.54) is 12.1 Å². The van der Waals surface area contributed by atoms with Gasteiger partial charge in [-0.1, -0.05) is 17.8 Å². The normalized spacial score (nSPS) is 10.9. The van der Waals surface area contributed by atoms with E-state index in [0.717, 1.165) is 0 Å². The van der Waals surface area contributed by atoms with Crippen molar-refractivity contribution >= 4 is 17.4 Å². The number of thioether (sulfide) groups is 1. The number of hydrogen-bond acceptors (Lipinski definition) is 3. The molecule has 0 unspecified atom stereocenters. The Labute approximate surface area is 113 Å². The summed E-state index contributed by atoms with van der Waals surface area (Å²) in [6.45, 7) is 0.378. The molecule has 0 radical (unpaired) electrons. The molecule has 0 saturated carbocycles. The van der Waals surface area contributed by atoms with Crippen LogP contribution < -0.4 is 5.32 Å². The maximum atomic E-state index is 12.9. The zero-order chi connectivity index (χ0) is 13.7. The molecule has 2 aromatic rings. The van der Waals surface area contributed by atoms with Crippen LogP contribution in [-0.4, -0.2) is 5.76 Å². The number of furan rings is 1. The minimum atomic E-state index is -2.40. The number of anilines is 1. The van der Waals surface area contributed by atoms with Crippen LogP contribution in [0.15, 0.2) is 40.8 Å². The first-order valence-electron chi connectivity index (χ1n) is 5.60. The second-order valence-electron chi connectivity index (χ2n) is 3.80. The lowest BCUT2D eigenvalue weighted by molar-refractivity contribution is 0.251. The van der Waals surface area contributed by atoms with Crippen molar-refractivity contribution in [3.8, 4) is 0 Å². The van der Waals surface area contributed by atoms with Gasteiger partial charge in [0.1, 0.15) is 17.3 Å². The molecule has 6 heteroatoms. The summed E-state index contributed by atoms with van der Waals surface area (Å²) >= 11 is 0.517. The largest absolute Gasteiger partial charge is 0.463 e. The molecule has 0 aliphatic carbocycles. The molecule has 1 aromatic carbocycles. The Balaban J connectivity index is 1.86. The standard InChI is InChI=1S/C13H12F3NOS/c14-9-2-1-3-10(6-9)17-7-11-4-5-12(18-11)8-19-13(15)16/h1-6,13,17H,7-8H2. The van der Waals surface area contributed by atoms with Crippen LogP contribution in [0.5, 0.6) is 0 Å². The van der Waals surface area contributed by atoms with Gasteiger partial charge < -0.3 is 9.73 Å². The molecule has 102 valence electrons. The fraction of sp³-hybridized carbons (Fsp3) is 0.231. The molecular weight excluding hydrogens is 275 g/mol. The molecule has 0 fully saturated rings. The van der Waals surface area contributed by atoms with Crippen LogP contribution in [0.25, 0.3) is 0 Å². The molecule has 0 amide bonds. The summed E-state index contributed by atoms with van der Waals surface area (Å²) < 4.78 is 42.3. The van der Waals surface area contributed by atoms with Gasteiger partial charge in [-0.05, 0) is 30.3 Å². The number of nitrogens with one attached hydrogen (secondary N) is 1. The smallest absolute Gasteiger partial charge is 0.284 e. The Bertz CT molecular complexity index is 530. The monoisotopic (exact) mass is 287 g/mol. The lowest BCUT2D eigenvalue weighted by Crippen LogP contribution is -1.98. The van der Waals surface area contributed by atoms with Crippen LogP contribution in [0, 0.1) is 5.82 Å². The number of rotatable bonds is 6. The van der Waals surface area contributed by atoms with Gasteiger partial charge in [-0.3, -0.25) is 0 Å². The first kappa shape index (κ1) is 13.9. The summed E-state index contributed by atoms with van der Waals surface area (Å²) in [7, 11) is 0. The van der Waals surface area contributed by atoms with E-state index >= 15 is 0 Å². The highest BCUT2D eigenvalue weighted by Gasteiger charge is 2.07. The second-order valence-corrected chi connectivity index (χ2v) is 4.78. The lowest BCUT2D eigenvalue weighted by atomic mass is 10.3. The lowest BCUT2D eigenvalue weighted by Gasteiger charge is -2.04. The van der Waals surface area contributed by atoms with Crippen LogP contribution in [0.3, 0.4) is 0 Å². The van der Waals surface area contributed by atoms with Crippen molar-refractivity contribution in [2.24, 2.45) is 0 Å². The Morgan fingerprint density at radius 2 is 1.95 bits per heavy atom. The van der Waals surface area contributed by atoms with Crippen LogP contribution >= 0.6 is 11.8 Å². The van der Waals surface area contributed by atoms with Gasteiger partial charge in [-0.25, -0.2) is 4.39 Å². The number of alkyl halides is 2. The Morgan fingerprint density at radius 3 is 2.68 bits per heavy atom. The minimum Gasteiger partial charge on any atom is -0.463 e. The average Bonchev–Trinajstić information content (AvgIpc) is 2.82. The zero-order valence-electron chi connectivity index (χ0n) is 9.91. The van der Waals surface area contributed by atoms with Crippen LogP contribution in [0.2, 0.25) is 0 Å². The summed E-state index contributed by atoms with van der Waals surface area (Å²) in [5.74, 6) is -1.47. The fourth-order valence-corrected chi connectivity index (χ4v) is 1.97. The van der Waals surface area contributed by atoms with Crippen molar-refractivity contribution in [1.82, 2.24) is 0 Å². The maximum Gasteiger partial charge on any atom is 0.284 e.